The SMILES string of the molecule is CC(C)OC(=O)CN(C)C(=O)C(C)OC(=O)C=CC(=O)O. The maximum absolute atomic E-state index is 11.8. The summed E-state index contributed by atoms with van der Waals surface area (Å²) < 4.78 is 9.59. The number of likely N-dealkylation sites (N-methyl/N-ethyl adjacent to an activating group) is 1. The minimum absolute atomic E-state index is 0.274. The van der Waals surface area contributed by atoms with Crippen molar-refractivity contribution in [3.8, 4) is 0 Å². The summed E-state index contributed by atoms with van der Waals surface area (Å²) in [7, 11) is 1.36. The zero-order chi connectivity index (χ0) is 16.6. The molecule has 1 unspecified atom stereocenters. The van der Waals surface area contributed by atoms with Crippen molar-refractivity contribution in [1.29, 1.82) is 0 Å². The molecule has 1 amide bonds. The van der Waals surface area contributed by atoms with Crippen molar-refractivity contribution in [3.05, 3.63) is 12.2 Å². The van der Waals surface area contributed by atoms with Gasteiger partial charge in [-0.05, 0) is 20.8 Å². The third kappa shape index (κ3) is 8.40. The molecule has 8 heteroatoms. The molecule has 118 valence electrons. The molecule has 0 spiro atoms. The molecule has 8 nitrogen and oxygen atoms in total. The Balaban J connectivity index is 4.39. The quantitative estimate of drug-likeness (QED) is 0.519. The number of carboxylic acids is 1. The summed E-state index contributed by atoms with van der Waals surface area (Å²) in [5.41, 5.74) is 0. The second-order valence-electron chi connectivity index (χ2n) is 4.48. The molecule has 1 atom stereocenters. The summed E-state index contributed by atoms with van der Waals surface area (Å²) in [5.74, 6) is -3.45. The molecule has 0 aromatic rings. The lowest BCUT2D eigenvalue weighted by Gasteiger charge is -2.20. The van der Waals surface area contributed by atoms with E-state index in [0.29, 0.717) is 12.2 Å². The number of aliphatic carboxylic acids is 1. The van der Waals surface area contributed by atoms with Crippen LogP contribution in [0.4, 0.5) is 0 Å². The molecule has 0 aromatic heterocycles. The zero-order valence-corrected chi connectivity index (χ0v) is 12.4. The molecule has 0 aromatic carbocycles. The average Bonchev–Trinajstić information content (AvgIpc) is 2.33. The Morgan fingerprint density at radius 1 is 1.10 bits per heavy atom. The summed E-state index contributed by atoms with van der Waals surface area (Å²) in [6.45, 7) is 4.40. The predicted molar refractivity (Wildman–Crippen MR) is 71.2 cm³/mol. The van der Waals surface area contributed by atoms with E-state index in [2.05, 4.69) is 0 Å². The molecule has 0 bridgehead atoms. The van der Waals surface area contributed by atoms with E-state index >= 15 is 0 Å². The number of rotatable bonds is 7. The van der Waals surface area contributed by atoms with Crippen molar-refractivity contribution in [2.75, 3.05) is 13.6 Å². The molecule has 0 heterocycles. The first kappa shape index (κ1) is 18.6. The normalized spacial score (nSPS) is 12.0. The topological polar surface area (TPSA) is 110 Å². The molecular formula is C13H19NO7. The van der Waals surface area contributed by atoms with Gasteiger partial charge in [-0.2, -0.15) is 0 Å². The van der Waals surface area contributed by atoms with Gasteiger partial charge in [0.2, 0.25) is 0 Å². The standard InChI is InChI=1S/C13H19NO7/c1-8(2)20-12(18)7-14(4)13(19)9(3)21-11(17)6-5-10(15)16/h5-6,8-9H,7H2,1-4H3,(H,15,16). The lowest BCUT2D eigenvalue weighted by molar-refractivity contribution is -0.158. The number of esters is 2. The van der Waals surface area contributed by atoms with Crippen LogP contribution in [0.5, 0.6) is 0 Å². The minimum Gasteiger partial charge on any atom is -0.478 e. The van der Waals surface area contributed by atoms with Crippen LogP contribution in [0, 0.1) is 0 Å². The van der Waals surface area contributed by atoms with E-state index in [4.69, 9.17) is 14.6 Å². The third-order valence-corrected chi connectivity index (χ3v) is 2.11. The van der Waals surface area contributed by atoms with Crippen LogP contribution in [-0.4, -0.2) is 59.6 Å². The first-order valence-corrected chi connectivity index (χ1v) is 6.19. The largest absolute Gasteiger partial charge is 0.478 e. The summed E-state index contributed by atoms with van der Waals surface area (Å²) in [6, 6.07) is 0. The Kier molecular flexibility index (Phi) is 7.74. The second-order valence-corrected chi connectivity index (χ2v) is 4.48. The van der Waals surface area contributed by atoms with Gasteiger partial charge in [0.15, 0.2) is 6.10 Å². The lowest BCUT2D eigenvalue weighted by atomic mass is 10.3. The average molecular weight is 301 g/mol. The van der Waals surface area contributed by atoms with Crippen LogP contribution >= 0.6 is 0 Å². The molecule has 0 saturated carbocycles. The van der Waals surface area contributed by atoms with Crippen LogP contribution in [-0.2, 0) is 28.7 Å². The smallest absolute Gasteiger partial charge is 0.331 e. The van der Waals surface area contributed by atoms with Gasteiger partial charge < -0.3 is 19.5 Å². The molecule has 0 radical (unpaired) electrons. The van der Waals surface area contributed by atoms with Crippen LogP contribution in [0.3, 0.4) is 0 Å². The van der Waals surface area contributed by atoms with Crippen molar-refractivity contribution < 1.29 is 33.8 Å². The van der Waals surface area contributed by atoms with E-state index in [1.165, 1.54) is 14.0 Å². The van der Waals surface area contributed by atoms with Gasteiger partial charge in [-0.1, -0.05) is 0 Å². The molecule has 0 rings (SSSR count). The van der Waals surface area contributed by atoms with E-state index in [-0.39, 0.29) is 12.6 Å². The van der Waals surface area contributed by atoms with E-state index in [0.717, 1.165) is 4.90 Å². The monoisotopic (exact) mass is 301 g/mol. The summed E-state index contributed by atoms with van der Waals surface area (Å²) >= 11 is 0. The van der Waals surface area contributed by atoms with Gasteiger partial charge in [-0.3, -0.25) is 9.59 Å². The number of hydrogen-bond acceptors (Lipinski definition) is 6. The number of nitrogens with zero attached hydrogens (tertiary/aromatic N) is 1. The molecule has 0 aliphatic heterocycles. The number of amides is 1. The van der Waals surface area contributed by atoms with Gasteiger partial charge in [0.1, 0.15) is 6.54 Å². The van der Waals surface area contributed by atoms with Gasteiger partial charge in [0, 0.05) is 19.2 Å². The zero-order valence-electron chi connectivity index (χ0n) is 12.4. The van der Waals surface area contributed by atoms with Crippen molar-refractivity contribution in [2.24, 2.45) is 0 Å². The fourth-order valence-electron chi connectivity index (χ4n) is 1.29. The summed E-state index contributed by atoms with van der Waals surface area (Å²) in [5, 5.41) is 8.34. The predicted octanol–water partition coefficient (Wildman–Crippen LogP) is -0.0311. The Morgan fingerprint density at radius 3 is 2.14 bits per heavy atom. The fourth-order valence-corrected chi connectivity index (χ4v) is 1.29. The Morgan fingerprint density at radius 2 is 1.67 bits per heavy atom. The molecule has 0 fully saturated rings. The lowest BCUT2D eigenvalue weighted by Crippen LogP contribution is -2.40. The highest BCUT2D eigenvalue weighted by Crippen LogP contribution is 2.00. The van der Waals surface area contributed by atoms with Gasteiger partial charge in [0.05, 0.1) is 6.10 Å². The highest BCUT2D eigenvalue weighted by atomic mass is 16.6. The molecular weight excluding hydrogens is 282 g/mol. The van der Waals surface area contributed by atoms with Crippen molar-refractivity contribution in [1.82, 2.24) is 4.90 Å². The van der Waals surface area contributed by atoms with Crippen molar-refractivity contribution in [3.63, 3.8) is 0 Å². The molecule has 0 aliphatic carbocycles. The van der Waals surface area contributed by atoms with E-state index in [9.17, 15) is 19.2 Å². The Hall–Kier alpha value is -2.38. The molecule has 21 heavy (non-hydrogen) atoms. The van der Waals surface area contributed by atoms with Crippen LogP contribution < -0.4 is 0 Å². The Bertz CT molecular complexity index is 442. The maximum atomic E-state index is 11.8. The molecule has 0 saturated heterocycles. The number of carbonyl (C=O) groups excluding carboxylic acids is 3. The van der Waals surface area contributed by atoms with Crippen LogP contribution in [0.1, 0.15) is 20.8 Å². The summed E-state index contributed by atoms with van der Waals surface area (Å²) in [4.78, 5) is 45.7. The van der Waals surface area contributed by atoms with E-state index < -0.39 is 29.9 Å². The number of carbonyl (C=O) groups is 4. The number of ether oxygens (including phenoxy) is 2. The first-order chi connectivity index (χ1) is 9.63. The van der Waals surface area contributed by atoms with Crippen molar-refractivity contribution >= 4 is 23.8 Å². The summed E-state index contributed by atoms with van der Waals surface area (Å²) in [6.07, 6.45) is -0.146. The third-order valence-electron chi connectivity index (χ3n) is 2.11. The van der Waals surface area contributed by atoms with Gasteiger partial charge in [0.25, 0.3) is 5.91 Å². The van der Waals surface area contributed by atoms with Gasteiger partial charge >= 0.3 is 17.9 Å². The van der Waals surface area contributed by atoms with E-state index in [1.54, 1.807) is 13.8 Å². The molecule has 1 N–H and O–H groups in total. The van der Waals surface area contributed by atoms with Crippen molar-refractivity contribution in [2.45, 2.75) is 33.0 Å². The second kappa shape index (κ2) is 8.72. The first-order valence-electron chi connectivity index (χ1n) is 6.19. The minimum atomic E-state index is -1.31. The van der Waals surface area contributed by atoms with E-state index in [1.807, 2.05) is 0 Å². The van der Waals surface area contributed by atoms with Crippen LogP contribution in [0.2, 0.25) is 0 Å². The van der Waals surface area contributed by atoms with Crippen LogP contribution in [0.25, 0.3) is 0 Å². The number of hydrogen-bond donors (Lipinski definition) is 1. The fraction of sp³-hybridized carbons (Fsp3) is 0.538. The number of carboxylic acid groups (broad SMARTS) is 1. The molecule has 0 aliphatic rings. The Labute approximate surface area is 122 Å². The highest BCUT2D eigenvalue weighted by molar-refractivity contribution is 5.92. The highest BCUT2D eigenvalue weighted by Gasteiger charge is 2.23. The van der Waals surface area contributed by atoms with Crippen LogP contribution in [0.15, 0.2) is 12.2 Å². The maximum Gasteiger partial charge on any atom is 0.331 e. The van der Waals surface area contributed by atoms with Gasteiger partial charge in [-0.25, -0.2) is 9.59 Å². The van der Waals surface area contributed by atoms with Gasteiger partial charge in [-0.15, -0.1) is 0 Å².